The highest BCUT2D eigenvalue weighted by Gasteiger charge is 2.16. The van der Waals surface area contributed by atoms with Crippen LogP contribution in [-0.2, 0) is 7.05 Å². The second kappa shape index (κ2) is 6.56. The van der Waals surface area contributed by atoms with Crippen LogP contribution in [0.2, 0.25) is 0 Å². The Morgan fingerprint density at radius 2 is 1.85 bits per heavy atom. The van der Waals surface area contributed by atoms with Gasteiger partial charge in [-0.2, -0.15) is 5.10 Å². The normalized spacial score (nSPS) is 10.9. The zero-order valence-corrected chi connectivity index (χ0v) is 14.1. The van der Waals surface area contributed by atoms with E-state index in [1.165, 1.54) is 16.8 Å². The fourth-order valence-corrected chi connectivity index (χ4v) is 2.89. The summed E-state index contributed by atoms with van der Waals surface area (Å²) in [6.45, 7) is 0. The van der Waals surface area contributed by atoms with Crippen molar-refractivity contribution >= 4 is 22.3 Å². The van der Waals surface area contributed by atoms with Gasteiger partial charge in [0.2, 0.25) is 0 Å². The van der Waals surface area contributed by atoms with Crippen molar-refractivity contribution in [2.45, 2.75) is 0 Å². The first-order valence-corrected chi connectivity index (χ1v) is 8.02. The molecule has 1 N–H and O–H groups in total. The van der Waals surface area contributed by atoms with Crippen LogP contribution < -0.4 is 10.9 Å². The summed E-state index contributed by atoms with van der Waals surface area (Å²) in [5.74, 6) is -1.47. The molecular weight excluding hydrogens is 352 g/mol. The van der Waals surface area contributed by atoms with E-state index >= 15 is 0 Å². The minimum Gasteiger partial charge on any atom is -0.351 e. The third-order valence-electron chi connectivity index (χ3n) is 4.17. The van der Waals surface area contributed by atoms with E-state index in [9.17, 15) is 13.6 Å². The summed E-state index contributed by atoms with van der Waals surface area (Å²) in [7, 11) is 1.56. The Kier molecular flexibility index (Phi) is 4.08. The van der Waals surface area contributed by atoms with Gasteiger partial charge in [0.1, 0.15) is 23.0 Å². The van der Waals surface area contributed by atoms with Gasteiger partial charge in [-0.1, -0.05) is 0 Å². The van der Waals surface area contributed by atoms with Crippen LogP contribution in [0.3, 0.4) is 0 Å². The molecule has 0 amide bonds. The molecule has 0 aliphatic carbocycles. The Bertz CT molecular complexity index is 1210. The summed E-state index contributed by atoms with van der Waals surface area (Å²) < 4.78 is 28.9. The molecule has 134 valence electrons. The molecule has 3 heterocycles. The van der Waals surface area contributed by atoms with Gasteiger partial charge in [0.15, 0.2) is 0 Å². The van der Waals surface area contributed by atoms with Gasteiger partial charge in [-0.3, -0.25) is 9.78 Å². The standard InChI is InChI=1S/C19H13F2N5O/c1-26-18-11(8-16(19(26)27)24-13-4-6-22-7-5-13)10-23-25-17(18)14-3-2-12(20)9-15(14)21/h2-10H,1H3,(H,22,24). The molecule has 1 aromatic carbocycles. The maximum Gasteiger partial charge on any atom is 0.274 e. The van der Waals surface area contributed by atoms with Crippen LogP contribution in [0.1, 0.15) is 0 Å². The molecule has 0 aliphatic rings. The van der Waals surface area contributed by atoms with Crippen molar-refractivity contribution in [3.8, 4) is 11.3 Å². The highest BCUT2D eigenvalue weighted by atomic mass is 19.1. The molecule has 6 nitrogen and oxygen atoms in total. The van der Waals surface area contributed by atoms with Crippen molar-refractivity contribution in [1.29, 1.82) is 0 Å². The molecule has 0 saturated carbocycles. The van der Waals surface area contributed by atoms with E-state index in [1.807, 2.05) is 0 Å². The number of fused-ring (bicyclic) bond motifs is 1. The van der Waals surface area contributed by atoms with Crippen molar-refractivity contribution in [3.05, 3.63) is 77.0 Å². The maximum atomic E-state index is 14.2. The molecule has 4 rings (SSSR count). The van der Waals surface area contributed by atoms with Crippen LogP contribution >= 0.6 is 0 Å². The second-order valence-corrected chi connectivity index (χ2v) is 5.90. The van der Waals surface area contributed by atoms with Crippen LogP contribution in [-0.4, -0.2) is 19.7 Å². The monoisotopic (exact) mass is 365 g/mol. The number of rotatable bonds is 3. The maximum absolute atomic E-state index is 14.2. The third-order valence-corrected chi connectivity index (χ3v) is 4.17. The Balaban J connectivity index is 1.92. The van der Waals surface area contributed by atoms with Gasteiger partial charge in [-0.25, -0.2) is 8.78 Å². The van der Waals surface area contributed by atoms with E-state index in [4.69, 9.17) is 0 Å². The number of hydrogen-bond acceptors (Lipinski definition) is 5. The average molecular weight is 365 g/mol. The second-order valence-electron chi connectivity index (χ2n) is 5.90. The van der Waals surface area contributed by atoms with E-state index in [1.54, 1.807) is 37.6 Å². The lowest BCUT2D eigenvalue weighted by molar-refractivity contribution is 0.585. The SMILES string of the molecule is Cn1c(=O)c(Nc2ccncc2)cc2cnnc(-c3ccc(F)cc3F)c21. The van der Waals surface area contributed by atoms with Crippen molar-refractivity contribution in [2.75, 3.05) is 5.32 Å². The molecule has 0 bridgehead atoms. The van der Waals surface area contributed by atoms with Gasteiger partial charge in [-0.15, -0.1) is 5.10 Å². The van der Waals surface area contributed by atoms with Gasteiger partial charge in [-0.05, 0) is 30.3 Å². The van der Waals surface area contributed by atoms with Crippen molar-refractivity contribution in [2.24, 2.45) is 7.05 Å². The average Bonchev–Trinajstić information content (AvgIpc) is 2.66. The minimum atomic E-state index is -0.775. The number of nitrogens with one attached hydrogen (secondary N) is 1. The van der Waals surface area contributed by atoms with Crippen LogP contribution in [0, 0.1) is 11.6 Å². The minimum absolute atomic E-state index is 0.0688. The topological polar surface area (TPSA) is 72.7 Å². The summed E-state index contributed by atoms with van der Waals surface area (Å²) in [5, 5.41) is 11.5. The van der Waals surface area contributed by atoms with E-state index in [0.717, 1.165) is 12.1 Å². The zero-order chi connectivity index (χ0) is 19.0. The summed E-state index contributed by atoms with van der Waals surface area (Å²) in [5.41, 5.74) is 1.35. The number of pyridine rings is 2. The summed E-state index contributed by atoms with van der Waals surface area (Å²) in [6.07, 6.45) is 4.70. The van der Waals surface area contributed by atoms with Crippen LogP contribution in [0.5, 0.6) is 0 Å². The zero-order valence-electron chi connectivity index (χ0n) is 14.1. The van der Waals surface area contributed by atoms with E-state index in [0.29, 0.717) is 22.3 Å². The first-order valence-electron chi connectivity index (χ1n) is 8.02. The lowest BCUT2D eigenvalue weighted by atomic mass is 10.1. The van der Waals surface area contributed by atoms with E-state index in [-0.39, 0.29) is 16.8 Å². The Morgan fingerprint density at radius 3 is 2.59 bits per heavy atom. The van der Waals surface area contributed by atoms with Gasteiger partial charge in [0.05, 0.1) is 11.7 Å². The quantitative estimate of drug-likeness (QED) is 0.602. The molecule has 0 saturated heterocycles. The molecule has 0 spiro atoms. The number of nitrogens with zero attached hydrogens (tertiary/aromatic N) is 4. The number of aryl methyl sites for hydroxylation is 1. The van der Waals surface area contributed by atoms with Crippen molar-refractivity contribution < 1.29 is 8.78 Å². The largest absolute Gasteiger partial charge is 0.351 e. The fourth-order valence-electron chi connectivity index (χ4n) is 2.89. The van der Waals surface area contributed by atoms with Gasteiger partial charge in [0.25, 0.3) is 5.56 Å². The first kappa shape index (κ1) is 16.8. The van der Waals surface area contributed by atoms with Gasteiger partial charge < -0.3 is 9.88 Å². The lowest BCUT2D eigenvalue weighted by Gasteiger charge is -2.13. The molecule has 3 aromatic heterocycles. The molecule has 0 aliphatic heterocycles. The van der Waals surface area contributed by atoms with Crippen molar-refractivity contribution in [1.82, 2.24) is 19.7 Å². The van der Waals surface area contributed by atoms with Gasteiger partial charge in [0, 0.05) is 42.1 Å². The Labute approximate surface area is 152 Å². The highest BCUT2D eigenvalue weighted by Crippen LogP contribution is 2.28. The number of halogens is 2. The third kappa shape index (κ3) is 3.01. The predicted molar refractivity (Wildman–Crippen MR) is 97.7 cm³/mol. The Hall–Kier alpha value is -3.68. The predicted octanol–water partition coefficient (Wildman–Crippen LogP) is 3.41. The molecule has 27 heavy (non-hydrogen) atoms. The molecule has 0 fully saturated rings. The first-order chi connectivity index (χ1) is 13.0. The number of anilines is 2. The Morgan fingerprint density at radius 1 is 1.07 bits per heavy atom. The van der Waals surface area contributed by atoms with E-state index < -0.39 is 11.6 Å². The summed E-state index contributed by atoms with van der Waals surface area (Å²) in [4.78, 5) is 16.7. The molecule has 0 radical (unpaired) electrons. The number of benzene rings is 1. The van der Waals surface area contributed by atoms with Crippen LogP contribution in [0.25, 0.3) is 22.2 Å². The van der Waals surface area contributed by atoms with Gasteiger partial charge >= 0.3 is 0 Å². The molecular formula is C19H13F2N5O. The molecule has 4 aromatic rings. The number of aromatic nitrogens is 4. The van der Waals surface area contributed by atoms with Crippen molar-refractivity contribution in [3.63, 3.8) is 0 Å². The highest BCUT2D eigenvalue weighted by molar-refractivity contribution is 5.93. The smallest absolute Gasteiger partial charge is 0.274 e. The summed E-state index contributed by atoms with van der Waals surface area (Å²) >= 11 is 0. The molecule has 0 unspecified atom stereocenters. The lowest BCUT2D eigenvalue weighted by Crippen LogP contribution is -2.21. The fraction of sp³-hybridized carbons (Fsp3) is 0.0526. The summed E-state index contributed by atoms with van der Waals surface area (Å²) in [6, 6.07) is 8.27. The van der Waals surface area contributed by atoms with Crippen LogP contribution in [0.15, 0.2) is 59.8 Å². The van der Waals surface area contributed by atoms with Crippen LogP contribution in [0.4, 0.5) is 20.2 Å². The van der Waals surface area contributed by atoms with E-state index in [2.05, 4.69) is 20.5 Å². The number of hydrogen-bond donors (Lipinski definition) is 1. The molecule has 0 atom stereocenters. The molecule has 8 heteroatoms.